The third kappa shape index (κ3) is 4.37. The molecule has 0 aromatic carbocycles. The molecule has 4 rings (SSSR count). The summed E-state index contributed by atoms with van der Waals surface area (Å²) in [6.45, 7) is 1.68. The predicted octanol–water partition coefficient (Wildman–Crippen LogP) is 0.0440. The zero-order chi connectivity index (χ0) is 20.2. The molecule has 1 fully saturated rings. The lowest BCUT2D eigenvalue weighted by Gasteiger charge is -2.38. The number of carbonyl (C=O) groups excluding carboxylic acids is 2. The van der Waals surface area contributed by atoms with Crippen LogP contribution in [0, 0.1) is 0 Å². The molecule has 2 atom stereocenters. The Morgan fingerprint density at radius 1 is 1.28 bits per heavy atom. The van der Waals surface area contributed by atoms with Crippen molar-refractivity contribution < 1.29 is 19.1 Å². The van der Waals surface area contributed by atoms with Crippen LogP contribution in [0.1, 0.15) is 29.0 Å². The molecule has 0 radical (unpaired) electrons. The third-order valence-corrected chi connectivity index (χ3v) is 5.23. The average molecular weight is 400 g/mol. The second kappa shape index (κ2) is 8.56. The highest BCUT2D eigenvalue weighted by Gasteiger charge is 2.34. The van der Waals surface area contributed by atoms with Crippen molar-refractivity contribution in [2.24, 2.45) is 0 Å². The molecule has 4 heterocycles. The first-order chi connectivity index (χ1) is 14.1. The van der Waals surface area contributed by atoms with E-state index < -0.39 is 0 Å². The topological polar surface area (TPSA) is 111 Å². The van der Waals surface area contributed by atoms with Crippen LogP contribution < -0.4 is 10.1 Å². The van der Waals surface area contributed by atoms with Crippen LogP contribution in [-0.4, -0.2) is 75.6 Å². The summed E-state index contributed by atoms with van der Waals surface area (Å²) in [5, 5.41) is 11.2. The molecular weight excluding hydrogens is 376 g/mol. The van der Waals surface area contributed by atoms with E-state index in [0.29, 0.717) is 51.3 Å². The maximum absolute atomic E-state index is 13.1. The Balaban J connectivity index is 1.62. The molecule has 0 spiro atoms. The number of rotatable bonds is 1. The van der Waals surface area contributed by atoms with E-state index in [0.717, 1.165) is 5.69 Å². The normalized spacial score (nSPS) is 23.1. The SMILES string of the molecule is CO[C@@H]1CCN2C[C@@H]1NC(=O)CCc1cn(nn1)CCOc1cccnc1C2=O. The van der Waals surface area contributed by atoms with Gasteiger partial charge in [-0.2, -0.15) is 0 Å². The van der Waals surface area contributed by atoms with Gasteiger partial charge in [-0.25, -0.2) is 9.67 Å². The van der Waals surface area contributed by atoms with Crippen molar-refractivity contribution >= 4 is 11.8 Å². The first-order valence-electron chi connectivity index (χ1n) is 9.72. The Morgan fingerprint density at radius 2 is 2.17 bits per heavy atom. The molecule has 2 aliphatic heterocycles. The molecular formula is C19H24N6O4. The van der Waals surface area contributed by atoms with Gasteiger partial charge < -0.3 is 19.7 Å². The summed E-state index contributed by atoms with van der Waals surface area (Å²) in [5.41, 5.74) is 1.01. The molecule has 0 saturated carbocycles. The number of hydrogen-bond acceptors (Lipinski definition) is 7. The van der Waals surface area contributed by atoms with E-state index in [2.05, 4.69) is 20.6 Å². The van der Waals surface area contributed by atoms with E-state index in [1.54, 1.807) is 41.2 Å². The number of nitrogens with one attached hydrogen (secondary N) is 1. The first kappa shape index (κ1) is 19.3. The van der Waals surface area contributed by atoms with Crippen LogP contribution in [0.5, 0.6) is 5.75 Å². The van der Waals surface area contributed by atoms with Crippen LogP contribution in [0.3, 0.4) is 0 Å². The zero-order valence-electron chi connectivity index (χ0n) is 16.3. The highest BCUT2D eigenvalue weighted by Crippen LogP contribution is 2.21. The van der Waals surface area contributed by atoms with Crippen LogP contribution in [0.25, 0.3) is 0 Å². The molecule has 4 bridgehead atoms. The van der Waals surface area contributed by atoms with Crippen molar-refractivity contribution in [3.8, 4) is 5.75 Å². The first-order valence-corrected chi connectivity index (χ1v) is 9.72. The van der Waals surface area contributed by atoms with Crippen molar-refractivity contribution in [1.29, 1.82) is 0 Å². The van der Waals surface area contributed by atoms with Crippen LogP contribution in [0.4, 0.5) is 0 Å². The quantitative estimate of drug-likeness (QED) is 0.720. The number of aromatic nitrogens is 4. The monoisotopic (exact) mass is 400 g/mol. The van der Waals surface area contributed by atoms with Crippen LogP contribution in [-0.2, 0) is 22.5 Å². The lowest BCUT2D eigenvalue weighted by Crippen LogP contribution is -2.57. The number of ether oxygens (including phenoxy) is 2. The molecule has 1 N–H and O–H groups in total. The standard InChI is InChI=1S/C19H24N6O4/c1-28-15-6-8-24-12-14(15)21-17(26)5-4-13-11-25(23-22-13)9-10-29-16-3-2-7-20-18(16)19(24)27/h2-3,7,11,14-15H,4-6,8-10,12H2,1H3,(H,21,26)/t14-,15+/m0/s1. The van der Waals surface area contributed by atoms with Gasteiger partial charge in [-0.3, -0.25) is 9.59 Å². The van der Waals surface area contributed by atoms with Gasteiger partial charge in [-0.1, -0.05) is 5.21 Å². The van der Waals surface area contributed by atoms with Crippen molar-refractivity contribution in [3.05, 3.63) is 35.9 Å². The smallest absolute Gasteiger partial charge is 0.276 e. The second-order valence-corrected chi connectivity index (χ2v) is 7.16. The molecule has 2 aliphatic rings. The van der Waals surface area contributed by atoms with Crippen molar-refractivity contribution in [1.82, 2.24) is 30.2 Å². The molecule has 2 aromatic heterocycles. The molecule has 10 heteroatoms. The summed E-state index contributed by atoms with van der Waals surface area (Å²) in [6, 6.07) is 3.18. The second-order valence-electron chi connectivity index (χ2n) is 7.16. The van der Waals surface area contributed by atoms with Crippen molar-refractivity contribution in [3.63, 3.8) is 0 Å². The Hall–Kier alpha value is -3.01. The molecule has 154 valence electrons. The van der Waals surface area contributed by atoms with Crippen molar-refractivity contribution in [2.45, 2.75) is 38.0 Å². The molecule has 0 unspecified atom stereocenters. The van der Waals surface area contributed by atoms with Gasteiger partial charge in [0.2, 0.25) is 5.91 Å². The molecule has 2 amide bonds. The van der Waals surface area contributed by atoms with Gasteiger partial charge in [0.15, 0.2) is 11.4 Å². The predicted molar refractivity (Wildman–Crippen MR) is 101 cm³/mol. The van der Waals surface area contributed by atoms with Gasteiger partial charge in [-0.15, -0.1) is 5.10 Å². The van der Waals surface area contributed by atoms with E-state index in [4.69, 9.17) is 9.47 Å². The number of methoxy groups -OCH3 is 1. The lowest BCUT2D eigenvalue weighted by molar-refractivity contribution is -0.123. The molecule has 10 nitrogen and oxygen atoms in total. The Morgan fingerprint density at radius 3 is 3.03 bits per heavy atom. The summed E-state index contributed by atoms with van der Waals surface area (Å²) in [5.74, 6) is 0.110. The molecule has 29 heavy (non-hydrogen) atoms. The van der Waals surface area contributed by atoms with Gasteiger partial charge in [0.1, 0.15) is 6.61 Å². The highest BCUT2D eigenvalue weighted by molar-refractivity contribution is 5.95. The van der Waals surface area contributed by atoms with Crippen LogP contribution in [0.2, 0.25) is 0 Å². The minimum atomic E-state index is -0.290. The number of aryl methyl sites for hydroxylation is 1. The fourth-order valence-electron chi connectivity index (χ4n) is 3.69. The maximum atomic E-state index is 13.1. The van der Waals surface area contributed by atoms with Gasteiger partial charge in [0.05, 0.1) is 24.4 Å². The maximum Gasteiger partial charge on any atom is 0.276 e. The molecule has 1 saturated heterocycles. The summed E-state index contributed by atoms with van der Waals surface area (Å²) >= 11 is 0. The number of pyridine rings is 1. The van der Waals surface area contributed by atoms with Crippen molar-refractivity contribution in [2.75, 3.05) is 26.8 Å². The minimum Gasteiger partial charge on any atom is -0.489 e. The summed E-state index contributed by atoms with van der Waals surface area (Å²) < 4.78 is 13.0. The van der Waals surface area contributed by atoms with Crippen LogP contribution >= 0.6 is 0 Å². The minimum absolute atomic E-state index is 0.102. The van der Waals surface area contributed by atoms with Gasteiger partial charge in [-0.05, 0) is 18.6 Å². The van der Waals surface area contributed by atoms with Crippen LogP contribution in [0.15, 0.2) is 24.5 Å². The number of amides is 2. The van der Waals surface area contributed by atoms with Gasteiger partial charge >= 0.3 is 0 Å². The third-order valence-electron chi connectivity index (χ3n) is 5.23. The fraction of sp³-hybridized carbons (Fsp3) is 0.526. The zero-order valence-corrected chi connectivity index (χ0v) is 16.3. The highest BCUT2D eigenvalue weighted by atomic mass is 16.5. The van der Waals surface area contributed by atoms with E-state index in [9.17, 15) is 9.59 Å². The Labute approximate surface area is 168 Å². The largest absolute Gasteiger partial charge is 0.489 e. The van der Waals surface area contributed by atoms with E-state index >= 15 is 0 Å². The Kier molecular flexibility index (Phi) is 5.70. The summed E-state index contributed by atoms with van der Waals surface area (Å²) in [4.78, 5) is 31.5. The average Bonchev–Trinajstić information content (AvgIpc) is 3.19. The van der Waals surface area contributed by atoms with E-state index in [1.807, 2.05) is 0 Å². The number of fused-ring (bicyclic) bond motifs is 5. The number of nitrogens with zero attached hydrogens (tertiary/aromatic N) is 5. The number of piperidine rings is 1. The van der Waals surface area contributed by atoms with Gasteiger partial charge in [0, 0.05) is 45.4 Å². The fourth-order valence-corrected chi connectivity index (χ4v) is 3.69. The summed E-state index contributed by atoms with van der Waals surface area (Å²) in [6.07, 6.45) is 4.64. The molecule has 0 aliphatic carbocycles. The van der Waals surface area contributed by atoms with E-state index in [1.165, 1.54) is 0 Å². The Bertz CT molecular complexity index is 885. The van der Waals surface area contributed by atoms with E-state index in [-0.39, 0.29) is 29.7 Å². The number of hydrogen-bond donors (Lipinski definition) is 1. The van der Waals surface area contributed by atoms with Gasteiger partial charge in [0.25, 0.3) is 5.91 Å². The molecule has 2 aromatic rings. The summed E-state index contributed by atoms with van der Waals surface area (Å²) in [7, 11) is 1.62. The number of carbonyl (C=O) groups is 2. The lowest BCUT2D eigenvalue weighted by atomic mass is 10.0.